The zero-order valence-electron chi connectivity index (χ0n) is 13.2. The lowest BCUT2D eigenvalue weighted by molar-refractivity contribution is 0.0667. The molecule has 0 radical (unpaired) electrons. The molecular weight excluding hydrogens is 295 g/mol. The van der Waals surface area contributed by atoms with Crippen LogP contribution in [0.1, 0.15) is 24.0 Å². The molecule has 124 valence electrons. The Kier molecular flexibility index (Phi) is 5.71. The van der Waals surface area contributed by atoms with Gasteiger partial charge in [0.1, 0.15) is 17.2 Å². The molecule has 0 bridgehead atoms. The highest BCUT2D eigenvalue weighted by Gasteiger charge is 2.31. The second-order valence-corrected chi connectivity index (χ2v) is 5.63. The minimum absolute atomic E-state index is 0.194. The third kappa shape index (κ3) is 4.07. The van der Waals surface area contributed by atoms with E-state index in [-0.39, 0.29) is 11.9 Å². The van der Waals surface area contributed by atoms with Crippen molar-refractivity contribution in [3.63, 3.8) is 0 Å². The lowest BCUT2D eigenvalue weighted by Crippen LogP contribution is -2.34. The summed E-state index contributed by atoms with van der Waals surface area (Å²) < 4.78 is 18.4. The van der Waals surface area contributed by atoms with E-state index in [1.165, 1.54) is 12.1 Å². The number of nitrogens with two attached hydrogens (primary N) is 2. The van der Waals surface area contributed by atoms with Gasteiger partial charge in [-0.25, -0.2) is 4.39 Å². The number of rotatable bonds is 7. The Morgan fingerprint density at radius 1 is 1.09 bits per heavy atom. The van der Waals surface area contributed by atoms with E-state index in [0.717, 1.165) is 0 Å². The minimum Gasteiger partial charge on any atom is -0.497 e. The monoisotopic (exact) mass is 318 g/mol. The molecule has 2 rings (SSSR count). The molecule has 4 nitrogen and oxygen atoms in total. The third-order valence-electron chi connectivity index (χ3n) is 4.07. The fraction of sp³-hybridized carbons (Fsp3) is 0.333. The maximum absolute atomic E-state index is 13.2. The first-order valence-corrected chi connectivity index (χ1v) is 7.58. The molecule has 2 atom stereocenters. The van der Waals surface area contributed by atoms with Crippen LogP contribution in [0.2, 0.25) is 0 Å². The quantitative estimate of drug-likeness (QED) is 0.730. The zero-order chi connectivity index (χ0) is 16.9. The van der Waals surface area contributed by atoms with Crippen molar-refractivity contribution in [2.75, 3.05) is 13.7 Å². The van der Waals surface area contributed by atoms with Gasteiger partial charge in [0.15, 0.2) is 0 Å². The van der Waals surface area contributed by atoms with Gasteiger partial charge in [-0.05, 0) is 48.2 Å². The average molecular weight is 318 g/mol. The van der Waals surface area contributed by atoms with Crippen molar-refractivity contribution in [2.45, 2.75) is 24.5 Å². The maximum Gasteiger partial charge on any atom is 0.123 e. The first kappa shape index (κ1) is 17.4. The standard InChI is InChI=1S/C18H23FN2O2/c1-23-17-8-4-14(5-9-17)18(22,11-10-16(21)12-20)13-2-6-15(19)7-3-13/h2-9,16,22H,10-12,20-21H2,1H3. The fourth-order valence-corrected chi connectivity index (χ4v) is 2.56. The summed E-state index contributed by atoms with van der Waals surface area (Å²) in [5.74, 6) is 0.360. The number of halogens is 1. The van der Waals surface area contributed by atoms with Crippen LogP contribution in [0, 0.1) is 5.82 Å². The van der Waals surface area contributed by atoms with Crippen molar-refractivity contribution in [2.24, 2.45) is 11.5 Å². The molecule has 2 unspecified atom stereocenters. The van der Waals surface area contributed by atoms with Crippen molar-refractivity contribution >= 4 is 0 Å². The van der Waals surface area contributed by atoms with E-state index in [1.807, 2.05) is 0 Å². The van der Waals surface area contributed by atoms with Gasteiger partial charge >= 0.3 is 0 Å². The van der Waals surface area contributed by atoms with Crippen LogP contribution < -0.4 is 16.2 Å². The Balaban J connectivity index is 2.38. The Morgan fingerprint density at radius 2 is 1.61 bits per heavy atom. The number of aliphatic hydroxyl groups is 1. The van der Waals surface area contributed by atoms with Crippen molar-refractivity contribution in [1.82, 2.24) is 0 Å². The highest BCUT2D eigenvalue weighted by Crippen LogP contribution is 2.35. The number of hydrogen-bond acceptors (Lipinski definition) is 4. The van der Waals surface area contributed by atoms with Gasteiger partial charge in [-0.15, -0.1) is 0 Å². The summed E-state index contributed by atoms with van der Waals surface area (Å²) in [5.41, 5.74) is 11.5. The van der Waals surface area contributed by atoms with Gasteiger partial charge in [-0.2, -0.15) is 0 Å². The largest absolute Gasteiger partial charge is 0.497 e. The number of hydrogen-bond donors (Lipinski definition) is 3. The van der Waals surface area contributed by atoms with E-state index in [0.29, 0.717) is 36.3 Å². The van der Waals surface area contributed by atoms with Crippen molar-refractivity contribution in [1.29, 1.82) is 0 Å². The molecule has 0 aromatic heterocycles. The van der Waals surface area contributed by atoms with E-state index in [1.54, 1.807) is 43.5 Å². The molecule has 2 aromatic rings. The van der Waals surface area contributed by atoms with Crippen molar-refractivity contribution in [3.8, 4) is 5.75 Å². The highest BCUT2D eigenvalue weighted by atomic mass is 19.1. The van der Waals surface area contributed by atoms with Crippen molar-refractivity contribution in [3.05, 3.63) is 65.5 Å². The van der Waals surface area contributed by atoms with Crippen LogP contribution in [-0.4, -0.2) is 24.8 Å². The Morgan fingerprint density at radius 3 is 2.09 bits per heavy atom. The van der Waals surface area contributed by atoms with Crippen LogP contribution in [-0.2, 0) is 5.60 Å². The predicted octanol–water partition coefficient (Wildman–Crippen LogP) is 2.14. The topological polar surface area (TPSA) is 81.5 Å². The first-order valence-electron chi connectivity index (χ1n) is 7.58. The summed E-state index contributed by atoms with van der Waals surface area (Å²) in [5, 5.41) is 11.3. The molecule has 0 aliphatic carbocycles. The second kappa shape index (κ2) is 7.55. The van der Waals surface area contributed by atoms with Gasteiger partial charge < -0.3 is 21.3 Å². The number of ether oxygens (including phenoxy) is 1. The summed E-state index contributed by atoms with van der Waals surface area (Å²) in [6.45, 7) is 0.349. The van der Waals surface area contributed by atoms with Gasteiger partial charge in [0.05, 0.1) is 7.11 Å². The second-order valence-electron chi connectivity index (χ2n) is 5.63. The van der Waals surface area contributed by atoms with Crippen LogP contribution in [0.4, 0.5) is 4.39 Å². The first-order chi connectivity index (χ1) is 11.0. The molecule has 0 saturated heterocycles. The van der Waals surface area contributed by atoms with Crippen LogP contribution in [0.5, 0.6) is 5.75 Å². The lowest BCUT2D eigenvalue weighted by Gasteiger charge is -2.30. The molecule has 0 fully saturated rings. The smallest absolute Gasteiger partial charge is 0.123 e. The molecule has 0 amide bonds. The summed E-state index contributed by atoms with van der Waals surface area (Å²) in [7, 11) is 1.58. The van der Waals surface area contributed by atoms with Gasteiger partial charge in [0.2, 0.25) is 0 Å². The SMILES string of the molecule is COc1ccc(C(O)(CCC(N)CN)c2ccc(F)cc2)cc1. The molecule has 0 aliphatic rings. The van der Waals surface area contributed by atoms with E-state index in [9.17, 15) is 9.50 Å². The highest BCUT2D eigenvalue weighted by molar-refractivity contribution is 5.39. The normalized spacial score (nSPS) is 15.0. The van der Waals surface area contributed by atoms with Gasteiger partial charge in [-0.1, -0.05) is 24.3 Å². The summed E-state index contributed by atoms with van der Waals surface area (Å²) in [6, 6.07) is 12.8. The van der Waals surface area contributed by atoms with Crippen LogP contribution in [0.25, 0.3) is 0 Å². The number of methoxy groups -OCH3 is 1. The fourth-order valence-electron chi connectivity index (χ4n) is 2.56. The molecule has 23 heavy (non-hydrogen) atoms. The van der Waals surface area contributed by atoms with Crippen LogP contribution in [0.15, 0.2) is 48.5 Å². The summed E-state index contributed by atoms with van der Waals surface area (Å²) >= 11 is 0. The molecule has 5 heteroatoms. The van der Waals surface area contributed by atoms with Gasteiger partial charge in [0, 0.05) is 12.6 Å². The van der Waals surface area contributed by atoms with E-state index < -0.39 is 5.60 Å². The molecule has 0 aliphatic heterocycles. The van der Waals surface area contributed by atoms with E-state index >= 15 is 0 Å². The number of benzene rings is 2. The van der Waals surface area contributed by atoms with Crippen molar-refractivity contribution < 1.29 is 14.2 Å². The molecular formula is C18H23FN2O2. The zero-order valence-corrected chi connectivity index (χ0v) is 13.2. The average Bonchev–Trinajstić information content (AvgIpc) is 2.60. The minimum atomic E-state index is -1.26. The van der Waals surface area contributed by atoms with E-state index in [2.05, 4.69) is 0 Å². The summed E-state index contributed by atoms with van der Waals surface area (Å²) in [4.78, 5) is 0. The summed E-state index contributed by atoms with van der Waals surface area (Å²) in [6.07, 6.45) is 0.944. The van der Waals surface area contributed by atoms with Gasteiger partial charge in [0.25, 0.3) is 0 Å². The molecule has 5 N–H and O–H groups in total. The lowest BCUT2D eigenvalue weighted by atomic mass is 9.81. The third-order valence-corrected chi connectivity index (χ3v) is 4.07. The molecule has 0 heterocycles. The molecule has 2 aromatic carbocycles. The Bertz CT molecular complexity index is 616. The molecule has 0 spiro atoms. The van der Waals surface area contributed by atoms with Gasteiger partial charge in [-0.3, -0.25) is 0 Å². The Labute approximate surface area is 135 Å². The maximum atomic E-state index is 13.2. The Hall–Kier alpha value is -1.95. The van der Waals surface area contributed by atoms with E-state index in [4.69, 9.17) is 16.2 Å². The molecule has 0 saturated carbocycles. The van der Waals surface area contributed by atoms with Crippen LogP contribution in [0.3, 0.4) is 0 Å². The van der Waals surface area contributed by atoms with Crippen LogP contribution >= 0.6 is 0 Å². The predicted molar refractivity (Wildman–Crippen MR) is 88.7 cm³/mol.